The van der Waals surface area contributed by atoms with Crippen LogP contribution in [0.15, 0.2) is 24.3 Å². The minimum Gasteiger partial charge on any atom is -0.398 e. The van der Waals surface area contributed by atoms with Gasteiger partial charge in [0.05, 0.1) is 12.2 Å². The van der Waals surface area contributed by atoms with E-state index < -0.39 is 6.10 Å². The second-order valence-electron chi connectivity index (χ2n) is 5.12. The molecule has 4 heteroatoms. The topological polar surface area (TPSA) is 58.7 Å². The van der Waals surface area contributed by atoms with Gasteiger partial charge >= 0.3 is 0 Å². The number of nitrogens with two attached hydrogens (primary N) is 1. The third-order valence-corrected chi connectivity index (χ3v) is 3.65. The Hall–Kier alpha value is -1.10. The summed E-state index contributed by atoms with van der Waals surface area (Å²) in [6.07, 6.45) is 2.02. The Morgan fingerprint density at radius 2 is 2.26 bits per heavy atom. The minimum atomic E-state index is -0.526. The Bertz CT molecular complexity index is 395. The molecular formula is C15H24N2O2. The zero-order valence-electron chi connectivity index (χ0n) is 11.6. The molecule has 1 fully saturated rings. The first-order valence-electron chi connectivity index (χ1n) is 7.07. The molecule has 0 radical (unpaired) electrons. The second-order valence-corrected chi connectivity index (χ2v) is 5.12. The summed E-state index contributed by atoms with van der Waals surface area (Å²) < 4.78 is 5.68. The van der Waals surface area contributed by atoms with E-state index in [1.807, 2.05) is 31.2 Å². The number of aliphatic hydroxyl groups is 1. The molecule has 1 saturated heterocycles. The average Bonchev–Trinajstić information content (AvgIpc) is 2.40. The molecular weight excluding hydrogens is 240 g/mol. The smallest absolute Gasteiger partial charge is 0.0936 e. The maximum absolute atomic E-state index is 10.3. The normalized spacial score (nSPS) is 22.3. The van der Waals surface area contributed by atoms with Crippen LogP contribution in [-0.4, -0.2) is 42.4 Å². The number of likely N-dealkylation sites (tertiary alicyclic amines) is 1. The number of anilines is 1. The molecule has 0 amide bonds. The maximum atomic E-state index is 10.3. The van der Waals surface area contributed by atoms with E-state index in [0.29, 0.717) is 18.3 Å². The van der Waals surface area contributed by atoms with Crippen molar-refractivity contribution in [3.63, 3.8) is 0 Å². The van der Waals surface area contributed by atoms with Gasteiger partial charge in [-0.1, -0.05) is 18.2 Å². The molecule has 0 bridgehead atoms. The Labute approximate surface area is 115 Å². The maximum Gasteiger partial charge on any atom is 0.0936 e. The van der Waals surface area contributed by atoms with Crippen LogP contribution in [0, 0.1) is 0 Å². The molecule has 0 aliphatic carbocycles. The predicted octanol–water partition coefficient (Wildman–Crippen LogP) is 1.80. The highest BCUT2D eigenvalue weighted by molar-refractivity contribution is 5.47. The van der Waals surface area contributed by atoms with E-state index >= 15 is 0 Å². The first-order chi connectivity index (χ1) is 9.20. The van der Waals surface area contributed by atoms with Crippen LogP contribution in [0.2, 0.25) is 0 Å². The number of ether oxygens (including phenoxy) is 1. The Morgan fingerprint density at radius 3 is 3.00 bits per heavy atom. The molecule has 2 unspecified atom stereocenters. The summed E-state index contributed by atoms with van der Waals surface area (Å²) in [5.74, 6) is 0. The van der Waals surface area contributed by atoms with Crippen LogP contribution >= 0.6 is 0 Å². The standard InChI is InChI=1S/C15H24N2O2/c1-2-19-12-6-5-9-17(10-12)11-15(18)13-7-3-4-8-14(13)16/h3-4,7-8,12,15,18H,2,5-6,9-11,16H2,1H3. The van der Waals surface area contributed by atoms with Crippen LogP contribution < -0.4 is 5.73 Å². The molecule has 106 valence electrons. The zero-order valence-corrected chi connectivity index (χ0v) is 11.6. The van der Waals surface area contributed by atoms with E-state index in [9.17, 15) is 5.11 Å². The summed E-state index contributed by atoms with van der Waals surface area (Å²) in [5.41, 5.74) is 7.38. The van der Waals surface area contributed by atoms with E-state index in [4.69, 9.17) is 10.5 Å². The van der Waals surface area contributed by atoms with Gasteiger partial charge in [-0.3, -0.25) is 4.90 Å². The van der Waals surface area contributed by atoms with Gasteiger partial charge in [-0.05, 0) is 32.4 Å². The largest absolute Gasteiger partial charge is 0.398 e. The van der Waals surface area contributed by atoms with Gasteiger partial charge in [0.2, 0.25) is 0 Å². The molecule has 0 spiro atoms. The number of hydrogen-bond acceptors (Lipinski definition) is 4. The van der Waals surface area contributed by atoms with E-state index in [1.54, 1.807) is 0 Å². The lowest BCUT2D eigenvalue weighted by atomic mass is 10.0. The molecule has 1 aromatic carbocycles. The zero-order chi connectivity index (χ0) is 13.7. The van der Waals surface area contributed by atoms with Gasteiger partial charge in [0.1, 0.15) is 0 Å². The first kappa shape index (κ1) is 14.3. The fraction of sp³-hybridized carbons (Fsp3) is 0.600. The second kappa shape index (κ2) is 6.89. The third-order valence-electron chi connectivity index (χ3n) is 3.65. The summed E-state index contributed by atoms with van der Waals surface area (Å²) in [6.45, 7) is 5.33. The number of benzene rings is 1. The monoisotopic (exact) mass is 264 g/mol. The van der Waals surface area contributed by atoms with E-state index in [-0.39, 0.29) is 0 Å². The molecule has 1 aliphatic heterocycles. The van der Waals surface area contributed by atoms with Crippen molar-refractivity contribution in [3.05, 3.63) is 29.8 Å². The van der Waals surface area contributed by atoms with Crippen molar-refractivity contribution in [1.82, 2.24) is 4.90 Å². The number of β-amino-alcohol motifs (C(OH)–C–C–N with tert-alkyl or cyclic N) is 1. The van der Waals surface area contributed by atoms with Crippen LogP contribution in [0.25, 0.3) is 0 Å². The Balaban J connectivity index is 1.91. The van der Waals surface area contributed by atoms with Gasteiger partial charge in [-0.2, -0.15) is 0 Å². The molecule has 2 rings (SSSR count). The number of nitrogen functional groups attached to an aromatic ring is 1. The molecule has 1 aromatic rings. The van der Waals surface area contributed by atoms with Gasteiger partial charge < -0.3 is 15.6 Å². The quantitative estimate of drug-likeness (QED) is 0.796. The summed E-state index contributed by atoms with van der Waals surface area (Å²) in [5, 5.41) is 10.3. The number of hydrogen-bond donors (Lipinski definition) is 2. The number of rotatable bonds is 5. The van der Waals surface area contributed by atoms with Crippen LogP contribution in [0.1, 0.15) is 31.4 Å². The van der Waals surface area contributed by atoms with Gasteiger partial charge in [-0.25, -0.2) is 0 Å². The molecule has 4 nitrogen and oxygen atoms in total. The first-order valence-corrected chi connectivity index (χ1v) is 7.07. The lowest BCUT2D eigenvalue weighted by molar-refractivity contribution is -0.00697. The van der Waals surface area contributed by atoms with E-state index in [1.165, 1.54) is 0 Å². The summed E-state index contributed by atoms with van der Waals surface area (Å²) in [4.78, 5) is 2.26. The molecule has 0 aromatic heterocycles. The number of nitrogens with zero attached hydrogens (tertiary/aromatic N) is 1. The van der Waals surface area contributed by atoms with Crippen molar-refractivity contribution in [2.75, 3.05) is 32.0 Å². The number of para-hydroxylation sites is 1. The fourth-order valence-corrected chi connectivity index (χ4v) is 2.71. The highest BCUT2D eigenvalue weighted by Gasteiger charge is 2.22. The Kier molecular flexibility index (Phi) is 5.19. The fourth-order valence-electron chi connectivity index (χ4n) is 2.71. The van der Waals surface area contributed by atoms with Crippen LogP contribution in [0.3, 0.4) is 0 Å². The lowest BCUT2D eigenvalue weighted by Gasteiger charge is -2.33. The van der Waals surface area contributed by atoms with Crippen LogP contribution in [0.5, 0.6) is 0 Å². The molecule has 1 heterocycles. The van der Waals surface area contributed by atoms with Crippen molar-refractivity contribution in [2.45, 2.75) is 32.0 Å². The molecule has 2 atom stereocenters. The highest BCUT2D eigenvalue weighted by Crippen LogP contribution is 2.22. The summed E-state index contributed by atoms with van der Waals surface area (Å²) in [6, 6.07) is 7.52. The van der Waals surface area contributed by atoms with Crippen molar-refractivity contribution >= 4 is 5.69 Å². The molecule has 19 heavy (non-hydrogen) atoms. The molecule has 0 saturated carbocycles. The minimum absolute atomic E-state index is 0.305. The molecule has 1 aliphatic rings. The van der Waals surface area contributed by atoms with Gasteiger partial charge in [0.25, 0.3) is 0 Å². The summed E-state index contributed by atoms with van der Waals surface area (Å²) in [7, 11) is 0. The third kappa shape index (κ3) is 3.93. The van der Waals surface area contributed by atoms with Crippen molar-refractivity contribution in [2.24, 2.45) is 0 Å². The number of aliphatic hydroxyl groups excluding tert-OH is 1. The summed E-state index contributed by atoms with van der Waals surface area (Å²) >= 11 is 0. The van der Waals surface area contributed by atoms with Crippen molar-refractivity contribution in [1.29, 1.82) is 0 Å². The average molecular weight is 264 g/mol. The van der Waals surface area contributed by atoms with Crippen molar-refractivity contribution < 1.29 is 9.84 Å². The molecule has 3 N–H and O–H groups in total. The highest BCUT2D eigenvalue weighted by atomic mass is 16.5. The predicted molar refractivity (Wildman–Crippen MR) is 76.9 cm³/mol. The van der Waals surface area contributed by atoms with E-state index in [2.05, 4.69) is 4.90 Å². The van der Waals surface area contributed by atoms with Gasteiger partial charge in [-0.15, -0.1) is 0 Å². The van der Waals surface area contributed by atoms with Crippen LogP contribution in [-0.2, 0) is 4.74 Å². The van der Waals surface area contributed by atoms with Gasteiger partial charge in [0.15, 0.2) is 0 Å². The SMILES string of the molecule is CCOC1CCCN(CC(O)c2ccccc2N)C1. The number of piperidine rings is 1. The van der Waals surface area contributed by atoms with Crippen LogP contribution in [0.4, 0.5) is 5.69 Å². The lowest BCUT2D eigenvalue weighted by Crippen LogP contribution is -2.41. The Morgan fingerprint density at radius 1 is 1.47 bits per heavy atom. The van der Waals surface area contributed by atoms with E-state index in [0.717, 1.165) is 38.1 Å². The van der Waals surface area contributed by atoms with Crippen molar-refractivity contribution in [3.8, 4) is 0 Å². The van der Waals surface area contributed by atoms with Gasteiger partial charge in [0, 0.05) is 30.9 Å².